The minimum Gasteiger partial charge on any atom is -0.473 e. The Balaban J connectivity index is 1.60. The van der Waals surface area contributed by atoms with Crippen LogP contribution in [0.5, 0.6) is 0 Å². The van der Waals surface area contributed by atoms with Crippen LogP contribution in [0.15, 0.2) is 64.4 Å². The molecular formula is C23H24N6O4. The van der Waals surface area contributed by atoms with Gasteiger partial charge in [-0.1, -0.05) is 41.6 Å². The molecule has 170 valence electrons. The highest BCUT2D eigenvalue weighted by atomic mass is 16.5. The Morgan fingerprint density at radius 3 is 2.64 bits per heavy atom. The maximum absolute atomic E-state index is 9.03. The smallest absolute Gasteiger partial charge is 0.207 e. The number of methoxy groups -OCH3 is 1. The highest BCUT2D eigenvalue weighted by molar-refractivity contribution is 5.74. The van der Waals surface area contributed by atoms with Crippen LogP contribution in [-0.4, -0.2) is 49.7 Å². The first-order valence-corrected chi connectivity index (χ1v) is 10.4. The Bertz CT molecular complexity index is 1200. The number of hydrogen-bond acceptors (Lipinski definition) is 9. The number of aliphatic hydroxyl groups excluding tert-OH is 1. The Morgan fingerprint density at radius 1 is 1.09 bits per heavy atom. The average molecular weight is 448 g/mol. The molecular weight excluding hydrogens is 424 g/mol. The van der Waals surface area contributed by atoms with Crippen LogP contribution in [0.2, 0.25) is 0 Å². The molecule has 0 radical (unpaired) electrons. The second-order valence-corrected chi connectivity index (χ2v) is 7.18. The van der Waals surface area contributed by atoms with Gasteiger partial charge in [0.05, 0.1) is 5.69 Å². The molecule has 4 aromatic rings. The van der Waals surface area contributed by atoms with Crippen LogP contribution in [-0.2, 0) is 29.1 Å². The Morgan fingerprint density at radius 2 is 1.91 bits per heavy atom. The number of rotatable bonds is 9. The van der Waals surface area contributed by atoms with E-state index in [9.17, 15) is 0 Å². The van der Waals surface area contributed by atoms with Crippen LogP contribution in [0.1, 0.15) is 23.9 Å². The van der Waals surface area contributed by atoms with Gasteiger partial charge in [0.25, 0.3) is 0 Å². The Hall–Kier alpha value is -3.89. The van der Waals surface area contributed by atoms with Crippen molar-refractivity contribution in [3.8, 4) is 22.9 Å². The fourth-order valence-electron chi connectivity index (χ4n) is 3.10. The van der Waals surface area contributed by atoms with Crippen molar-refractivity contribution in [1.29, 1.82) is 0 Å². The van der Waals surface area contributed by atoms with E-state index in [1.54, 1.807) is 31.0 Å². The van der Waals surface area contributed by atoms with Gasteiger partial charge in [-0.15, -0.1) is 15.3 Å². The third-order valence-corrected chi connectivity index (χ3v) is 4.70. The molecule has 0 aliphatic rings. The minimum atomic E-state index is 0.0901. The van der Waals surface area contributed by atoms with Gasteiger partial charge in [-0.2, -0.15) is 4.68 Å². The van der Waals surface area contributed by atoms with Gasteiger partial charge in [0.15, 0.2) is 17.3 Å². The number of nitrogens with zero attached hydrogens (tertiary/aromatic N) is 6. The predicted molar refractivity (Wildman–Crippen MR) is 120 cm³/mol. The molecule has 0 saturated carbocycles. The maximum atomic E-state index is 9.03. The summed E-state index contributed by atoms with van der Waals surface area (Å²) in [7, 11) is 1.58. The van der Waals surface area contributed by atoms with Crippen molar-refractivity contribution >= 4 is 5.90 Å². The molecule has 1 N–H and O–H groups in total. The van der Waals surface area contributed by atoms with E-state index in [4.69, 9.17) is 19.1 Å². The van der Waals surface area contributed by atoms with Gasteiger partial charge in [0.2, 0.25) is 11.7 Å². The van der Waals surface area contributed by atoms with Gasteiger partial charge >= 0.3 is 0 Å². The van der Waals surface area contributed by atoms with Gasteiger partial charge in [-0.25, -0.2) is 0 Å². The minimum absolute atomic E-state index is 0.0901. The first-order valence-electron chi connectivity index (χ1n) is 10.4. The van der Waals surface area contributed by atoms with Crippen molar-refractivity contribution in [1.82, 2.24) is 25.0 Å². The highest BCUT2D eigenvalue weighted by Gasteiger charge is 2.19. The van der Waals surface area contributed by atoms with E-state index in [0.717, 1.165) is 16.8 Å². The van der Waals surface area contributed by atoms with Crippen LogP contribution < -0.4 is 0 Å². The SMILES string of the molecule is COCc1cc(-c2nnc(-c3ccccc3)n2/N=C(\C)OCc2ccc(CCO)cn2)no1. The lowest BCUT2D eigenvalue weighted by atomic mass is 10.2. The molecule has 0 fully saturated rings. The van der Waals surface area contributed by atoms with Crippen LogP contribution in [0.4, 0.5) is 0 Å². The normalized spacial score (nSPS) is 11.7. The molecule has 0 unspecified atom stereocenters. The Labute approximate surface area is 190 Å². The number of benzene rings is 1. The predicted octanol–water partition coefficient (Wildman–Crippen LogP) is 3.07. The van der Waals surface area contributed by atoms with E-state index in [2.05, 4.69) is 25.4 Å². The average Bonchev–Trinajstić information content (AvgIpc) is 3.47. The number of aromatic nitrogens is 5. The van der Waals surface area contributed by atoms with Crippen molar-refractivity contribution in [3.63, 3.8) is 0 Å². The maximum Gasteiger partial charge on any atom is 0.207 e. The molecule has 4 rings (SSSR count). The molecule has 1 aromatic carbocycles. The number of pyridine rings is 1. The number of hydrogen-bond donors (Lipinski definition) is 1. The van der Waals surface area contributed by atoms with E-state index >= 15 is 0 Å². The van der Waals surface area contributed by atoms with Crippen molar-refractivity contribution < 1.29 is 19.1 Å². The van der Waals surface area contributed by atoms with Crippen LogP contribution in [0.25, 0.3) is 22.9 Å². The molecule has 10 nitrogen and oxygen atoms in total. The van der Waals surface area contributed by atoms with E-state index in [1.165, 1.54) is 0 Å². The van der Waals surface area contributed by atoms with Crippen molar-refractivity contribution in [3.05, 3.63) is 71.7 Å². The molecule has 0 saturated heterocycles. The Kier molecular flexibility index (Phi) is 7.18. The summed E-state index contributed by atoms with van der Waals surface area (Å²) in [6.07, 6.45) is 2.30. The topological polar surface area (TPSA) is 121 Å². The highest BCUT2D eigenvalue weighted by Crippen LogP contribution is 2.24. The molecule has 10 heteroatoms. The van der Waals surface area contributed by atoms with Crippen LogP contribution >= 0.6 is 0 Å². The van der Waals surface area contributed by atoms with E-state index in [-0.39, 0.29) is 13.2 Å². The summed E-state index contributed by atoms with van der Waals surface area (Å²) in [4.78, 5) is 4.36. The second-order valence-electron chi connectivity index (χ2n) is 7.18. The molecule has 0 bridgehead atoms. The van der Waals surface area contributed by atoms with Gasteiger partial charge in [0.1, 0.15) is 13.2 Å². The summed E-state index contributed by atoms with van der Waals surface area (Å²) in [6, 6.07) is 15.1. The zero-order chi connectivity index (χ0) is 23.0. The van der Waals surface area contributed by atoms with Gasteiger partial charge in [-0.3, -0.25) is 4.98 Å². The summed E-state index contributed by atoms with van der Waals surface area (Å²) in [5, 5.41) is 26.3. The molecule has 0 aliphatic heterocycles. The monoisotopic (exact) mass is 448 g/mol. The summed E-state index contributed by atoms with van der Waals surface area (Å²) in [5.41, 5.74) is 3.04. The number of aliphatic hydroxyl groups is 1. The van der Waals surface area contributed by atoms with Crippen molar-refractivity contribution in [2.24, 2.45) is 5.10 Å². The molecule has 33 heavy (non-hydrogen) atoms. The van der Waals surface area contributed by atoms with E-state index in [1.807, 2.05) is 42.5 Å². The summed E-state index contributed by atoms with van der Waals surface area (Å²) >= 11 is 0. The lowest BCUT2D eigenvalue weighted by Gasteiger charge is -2.08. The fourth-order valence-corrected chi connectivity index (χ4v) is 3.10. The second kappa shape index (κ2) is 10.6. The molecule has 0 aliphatic carbocycles. The number of ether oxygens (including phenoxy) is 2. The van der Waals surface area contributed by atoms with Gasteiger partial charge in [-0.05, 0) is 18.1 Å². The fraction of sp³-hybridized carbons (Fsp3) is 0.261. The summed E-state index contributed by atoms with van der Waals surface area (Å²) in [5.74, 6) is 1.91. The zero-order valence-electron chi connectivity index (χ0n) is 18.4. The first kappa shape index (κ1) is 22.3. The largest absolute Gasteiger partial charge is 0.473 e. The third kappa shape index (κ3) is 5.48. The van der Waals surface area contributed by atoms with Crippen LogP contribution in [0.3, 0.4) is 0 Å². The summed E-state index contributed by atoms with van der Waals surface area (Å²) in [6.45, 7) is 2.38. The standard InChI is InChI=1S/C23H24N6O4/c1-16(32-14-19-9-8-17(10-11-30)13-24-19)27-29-22(18-6-4-3-5-7-18)25-26-23(29)21-12-20(15-31-2)33-28-21/h3-9,12-13,30H,10-11,14-15H2,1-2H3/b27-16+. The molecule has 0 atom stereocenters. The molecule has 3 aromatic heterocycles. The quantitative estimate of drug-likeness (QED) is 0.306. The van der Waals surface area contributed by atoms with Crippen LogP contribution in [0, 0.1) is 0 Å². The molecule has 3 heterocycles. The van der Waals surface area contributed by atoms with Crippen molar-refractivity contribution in [2.45, 2.75) is 26.6 Å². The molecule has 0 amide bonds. The molecule has 0 spiro atoms. The third-order valence-electron chi connectivity index (χ3n) is 4.70. The van der Waals surface area contributed by atoms with Crippen molar-refractivity contribution in [2.75, 3.05) is 13.7 Å². The van der Waals surface area contributed by atoms with Gasteiger partial charge in [0, 0.05) is 38.5 Å². The zero-order valence-corrected chi connectivity index (χ0v) is 18.4. The lowest BCUT2D eigenvalue weighted by molar-refractivity contribution is 0.156. The van der Waals surface area contributed by atoms with Gasteiger partial charge < -0.3 is 19.1 Å². The summed E-state index contributed by atoms with van der Waals surface area (Å²) < 4.78 is 17.8. The van der Waals surface area contributed by atoms with E-state index < -0.39 is 0 Å². The lowest BCUT2D eigenvalue weighted by Crippen LogP contribution is -2.06. The first-order chi connectivity index (χ1) is 16.2. The van der Waals surface area contributed by atoms with E-state index in [0.29, 0.717) is 42.0 Å².